The second-order valence-corrected chi connectivity index (χ2v) is 7.30. The first-order valence-electron chi connectivity index (χ1n) is 9.56. The van der Waals surface area contributed by atoms with Gasteiger partial charge in [0.05, 0.1) is 6.54 Å². The number of piperazine rings is 1. The van der Waals surface area contributed by atoms with Gasteiger partial charge in [-0.05, 0) is 30.4 Å². The highest BCUT2D eigenvalue weighted by Crippen LogP contribution is 2.33. The standard InChI is InChI=1S/C20H26F2N4/c21-20(22)26-10-9-23-19(26)15-24-11-13-25(14-12-24)18-8-4-2-6-16-5-1-3-7-17(16)18/h1,3,5,7,9-10,18,20H,2,4,6,8,11-15H2. The van der Waals surface area contributed by atoms with Gasteiger partial charge in [0.2, 0.25) is 0 Å². The van der Waals surface area contributed by atoms with Crippen molar-refractivity contribution in [2.75, 3.05) is 26.2 Å². The summed E-state index contributed by atoms with van der Waals surface area (Å²) in [5.74, 6) is 0.452. The number of fused-ring (bicyclic) bond motifs is 1. The van der Waals surface area contributed by atoms with Gasteiger partial charge in [0.15, 0.2) is 0 Å². The van der Waals surface area contributed by atoms with Crippen molar-refractivity contribution in [1.29, 1.82) is 0 Å². The Morgan fingerprint density at radius 2 is 1.88 bits per heavy atom. The molecule has 1 fully saturated rings. The number of aromatic nitrogens is 2. The van der Waals surface area contributed by atoms with Crippen LogP contribution >= 0.6 is 0 Å². The Morgan fingerprint density at radius 3 is 2.69 bits per heavy atom. The molecule has 140 valence electrons. The van der Waals surface area contributed by atoms with E-state index in [-0.39, 0.29) is 0 Å². The van der Waals surface area contributed by atoms with E-state index in [1.54, 1.807) is 0 Å². The molecule has 2 heterocycles. The van der Waals surface area contributed by atoms with Crippen LogP contribution in [0.1, 0.15) is 48.8 Å². The van der Waals surface area contributed by atoms with E-state index in [2.05, 4.69) is 39.0 Å². The third kappa shape index (κ3) is 3.67. The monoisotopic (exact) mass is 360 g/mol. The van der Waals surface area contributed by atoms with Gasteiger partial charge in [-0.3, -0.25) is 14.4 Å². The van der Waals surface area contributed by atoms with Crippen LogP contribution in [0, 0.1) is 0 Å². The van der Waals surface area contributed by atoms with Gasteiger partial charge in [0.25, 0.3) is 0 Å². The molecule has 1 atom stereocenters. The van der Waals surface area contributed by atoms with E-state index < -0.39 is 6.55 Å². The predicted molar refractivity (Wildman–Crippen MR) is 97.1 cm³/mol. The molecule has 1 aromatic heterocycles. The molecule has 26 heavy (non-hydrogen) atoms. The maximum Gasteiger partial charge on any atom is 0.319 e. The van der Waals surface area contributed by atoms with Crippen molar-refractivity contribution in [2.24, 2.45) is 0 Å². The quantitative estimate of drug-likeness (QED) is 0.774. The predicted octanol–water partition coefficient (Wildman–Crippen LogP) is 3.86. The Balaban J connectivity index is 1.40. The average molecular weight is 360 g/mol. The van der Waals surface area contributed by atoms with Gasteiger partial charge in [0, 0.05) is 44.6 Å². The van der Waals surface area contributed by atoms with Crippen molar-refractivity contribution in [3.63, 3.8) is 0 Å². The molecule has 4 nitrogen and oxygen atoms in total. The van der Waals surface area contributed by atoms with Crippen LogP contribution in [0.15, 0.2) is 36.7 Å². The first-order valence-corrected chi connectivity index (χ1v) is 9.56. The molecule has 2 aliphatic rings. The highest BCUT2D eigenvalue weighted by Gasteiger charge is 2.28. The highest BCUT2D eigenvalue weighted by molar-refractivity contribution is 5.31. The van der Waals surface area contributed by atoms with E-state index in [1.165, 1.54) is 49.2 Å². The molecule has 2 aromatic rings. The molecule has 0 amide bonds. The Morgan fingerprint density at radius 1 is 1.08 bits per heavy atom. The third-order valence-corrected chi connectivity index (χ3v) is 5.76. The van der Waals surface area contributed by atoms with Gasteiger partial charge in [-0.2, -0.15) is 8.78 Å². The van der Waals surface area contributed by atoms with Crippen LogP contribution < -0.4 is 0 Å². The molecule has 1 saturated heterocycles. The van der Waals surface area contributed by atoms with E-state index >= 15 is 0 Å². The minimum atomic E-state index is -2.52. The summed E-state index contributed by atoms with van der Waals surface area (Å²) in [6.45, 7) is 1.73. The molecule has 1 aliphatic carbocycles. The van der Waals surface area contributed by atoms with Crippen molar-refractivity contribution in [3.05, 3.63) is 53.6 Å². The molecule has 6 heteroatoms. The average Bonchev–Trinajstić information content (AvgIpc) is 3.01. The van der Waals surface area contributed by atoms with Crippen molar-refractivity contribution >= 4 is 0 Å². The SMILES string of the molecule is FC(F)n1ccnc1CN1CCN(C2CCCCc3ccccc32)CC1. The first-order chi connectivity index (χ1) is 12.7. The number of alkyl halides is 2. The number of rotatable bonds is 4. The zero-order valence-electron chi connectivity index (χ0n) is 15.0. The Labute approximate surface area is 153 Å². The van der Waals surface area contributed by atoms with Crippen LogP contribution in [0.2, 0.25) is 0 Å². The Bertz CT molecular complexity index is 722. The topological polar surface area (TPSA) is 24.3 Å². The molecule has 1 aliphatic heterocycles. The Kier molecular flexibility index (Phi) is 5.31. The lowest BCUT2D eigenvalue weighted by Gasteiger charge is -2.39. The summed E-state index contributed by atoms with van der Waals surface area (Å²) in [5, 5.41) is 0. The molecule has 0 bridgehead atoms. The molecule has 0 N–H and O–H groups in total. The van der Waals surface area contributed by atoms with Gasteiger partial charge in [0.1, 0.15) is 5.82 Å². The molecule has 1 aromatic carbocycles. The smallest absolute Gasteiger partial charge is 0.294 e. The summed E-state index contributed by atoms with van der Waals surface area (Å²) < 4.78 is 27.0. The van der Waals surface area contributed by atoms with Gasteiger partial charge < -0.3 is 0 Å². The summed E-state index contributed by atoms with van der Waals surface area (Å²) >= 11 is 0. The summed E-state index contributed by atoms with van der Waals surface area (Å²) in [6, 6.07) is 9.35. The molecule has 1 unspecified atom stereocenters. The van der Waals surface area contributed by atoms with Gasteiger partial charge in [-0.25, -0.2) is 4.98 Å². The minimum Gasteiger partial charge on any atom is -0.294 e. The third-order valence-electron chi connectivity index (χ3n) is 5.76. The van der Waals surface area contributed by atoms with E-state index in [9.17, 15) is 8.78 Å². The summed E-state index contributed by atoms with van der Waals surface area (Å²) in [6.07, 6.45) is 7.75. The summed E-state index contributed by atoms with van der Waals surface area (Å²) in [7, 11) is 0. The number of aryl methyl sites for hydroxylation is 1. The molecular weight excluding hydrogens is 334 g/mol. The Hall–Kier alpha value is -1.79. The largest absolute Gasteiger partial charge is 0.319 e. The van der Waals surface area contributed by atoms with Gasteiger partial charge in [-0.1, -0.05) is 30.7 Å². The zero-order chi connectivity index (χ0) is 17.9. The number of halogens is 2. The number of nitrogens with zero attached hydrogens (tertiary/aromatic N) is 4. The lowest BCUT2D eigenvalue weighted by Crippen LogP contribution is -2.47. The molecule has 4 rings (SSSR count). The second-order valence-electron chi connectivity index (χ2n) is 7.30. The van der Waals surface area contributed by atoms with E-state index in [0.29, 0.717) is 18.4 Å². The molecule has 0 spiro atoms. The normalized spacial score (nSPS) is 22.3. The van der Waals surface area contributed by atoms with E-state index in [0.717, 1.165) is 30.7 Å². The highest BCUT2D eigenvalue weighted by atomic mass is 19.3. The van der Waals surface area contributed by atoms with Crippen LogP contribution in [0.25, 0.3) is 0 Å². The summed E-state index contributed by atoms with van der Waals surface area (Å²) in [4.78, 5) is 8.93. The summed E-state index contributed by atoms with van der Waals surface area (Å²) in [5.41, 5.74) is 2.99. The fraction of sp³-hybridized carbons (Fsp3) is 0.550. The van der Waals surface area contributed by atoms with Crippen molar-refractivity contribution in [1.82, 2.24) is 19.4 Å². The zero-order valence-corrected chi connectivity index (χ0v) is 15.0. The van der Waals surface area contributed by atoms with Gasteiger partial charge >= 0.3 is 6.55 Å². The molecule has 0 radical (unpaired) electrons. The first kappa shape index (κ1) is 17.6. The van der Waals surface area contributed by atoms with Gasteiger partial charge in [-0.15, -0.1) is 0 Å². The number of imidazole rings is 1. The molecule has 0 saturated carbocycles. The van der Waals surface area contributed by atoms with E-state index in [1.807, 2.05) is 0 Å². The van der Waals surface area contributed by atoms with Crippen LogP contribution in [-0.4, -0.2) is 45.5 Å². The maximum atomic E-state index is 13.0. The number of hydrogen-bond donors (Lipinski definition) is 0. The number of hydrogen-bond acceptors (Lipinski definition) is 3. The lowest BCUT2D eigenvalue weighted by atomic mass is 9.97. The van der Waals surface area contributed by atoms with E-state index in [4.69, 9.17) is 0 Å². The lowest BCUT2D eigenvalue weighted by molar-refractivity contribution is 0.0565. The fourth-order valence-electron chi connectivity index (χ4n) is 4.35. The van der Waals surface area contributed by atoms with Crippen LogP contribution in [-0.2, 0) is 13.0 Å². The second kappa shape index (κ2) is 7.84. The minimum absolute atomic E-state index is 0.452. The van der Waals surface area contributed by atoms with Crippen molar-refractivity contribution in [2.45, 2.75) is 44.8 Å². The molecular formula is C20H26F2N4. The van der Waals surface area contributed by atoms with Crippen LogP contribution in [0.5, 0.6) is 0 Å². The van der Waals surface area contributed by atoms with Crippen LogP contribution in [0.4, 0.5) is 8.78 Å². The number of benzene rings is 1. The maximum absolute atomic E-state index is 13.0. The fourth-order valence-corrected chi connectivity index (χ4v) is 4.35. The van der Waals surface area contributed by atoms with Crippen molar-refractivity contribution in [3.8, 4) is 0 Å². The van der Waals surface area contributed by atoms with Crippen molar-refractivity contribution < 1.29 is 8.78 Å². The van der Waals surface area contributed by atoms with Crippen LogP contribution in [0.3, 0.4) is 0 Å².